The van der Waals surface area contributed by atoms with Gasteiger partial charge in [0.2, 0.25) is 0 Å². The lowest BCUT2D eigenvalue weighted by molar-refractivity contribution is 0.0633. The van der Waals surface area contributed by atoms with Gasteiger partial charge in [0.1, 0.15) is 5.76 Å². The van der Waals surface area contributed by atoms with E-state index in [9.17, 15) is 4.79 Å². The lowest BCUT2D eigenvalue weighted by atomic mass is 10.1. The van der Waals surface area contributed by atoms with Crippen LogP contribution in [0.25, 0.3) is 0 Å². The number of anilines is 1. The van der Waals surface area contributed by atoms with Crippen LogP contribution in [0.15, 0.2) is 40.8 Å². The Morgan fingerprint density at radius 1 is 1.30 bits per heavy atom. The fourth-order valence-electron chi connectivity index (χ4n) is 3.17. The van der Waals surface area contributed by atoms with Crippen LogP contribution in [0.3, 0.4) is 0 Å². The molecule has 0 unspecified atom stereocenters. The number of carbonyl (C=O) groups excluding carboxylic acids is 1. The molecule has 2 N–H and O–H groups in total. The van der Waals surface area contributed by atoms with Gasteiger partial charge in [-0.1, -0.05) is 25.1 Å². The highest BCUT2D eigenvalue weighted by Crippen LogP contribution is 2.28. The minimum absolute atomic E-state index is 0.0679. The number of fused-ring (bicyclic) bond motifs is 1. The number of hydrogen-bond donors (Lipinski definition) is 1. The summed E-state index contributed by atoms with van der Waals surface area (Å²) in [5.74, 6) is 0.932. The molecule has 0 saturated carbocycles. The minimum atomic E-state index is -0.0679. The molecule has 0 fully saturated rings. The van der Waals surface area contributed by atoms with E-state index in [1.54, 1.807) is 12.1 Å². The van der Waals surface area contributed by atoms with E-state index in [0.717, 1.165) is 18.5 Å². The van der Waals surface area contributed by atoms with Gasteiger partial charge in [-0.05, 0) is 30.2 Å². The van der Waals surface area contributed by atoms with Crippen LogP contribution in [0, 0.1) is 0 Å². The highest BCUT2D eigenvalue weighted by Gasteiger charge is 2.30. The van der Waals surface area contributed by atoms with Gasteiger partial charge >= 0.3 is 0 Å². The average Bonchev–Trinajstić information content (AvgIpc) is 3.01. The third-order valence-corrected chi connectivity index (χ3v) is 4.47. The summed E-state index contributed by atoms with van der Waals surface area (Å²) in [6.45, 7) is 3.82. The van der Waals surface area contributed by atoms with Crippen LogP contribution in [-0.2, 0) is 13.1 Å². The molecule has 0 bridgehead atoms. The van der Waals surface area contributed by atoms with E-state index in [4.69, 9.17) is 10.2 Å². The normalized spacial score (nSPS) is 17.8. The first kappa shape index (κ1) is 15.6. The molecule has 1 aliphatic rings. The maximum Gasteiger partial charge on any atom is 0.290 e. The largest absolute Gasteiger partial charge is 0.455 e. The van der Waals surface area contributed by atoms with Gasteiger partial charge in [-0.25, -0.2) is 0 Å². The molecule has 3 rings (SSSR count). The van der Waals surface area contributed by atoms with Crippen molar-refractivity contribution in [2.45, 2.75) is 32.5 Å². The SMILES string of the molecule is CC[C@@H]1CN(C)c2ccccc2CN1C(=O)c1ccc(CN)o1. The third kappa shape index (κ3) is 2.97. The fourth-order valence-corrected chi connectivity index (χ4v) is 3.17. The van der Waals surface area contributed by atoms with Crippen molar-refractivity contribution in [2.24, 2.45) is 5.73 Å². The number of carbonyl (C=O) groups is 1. The summed E-state index contributed by atoms with van der Waals surface area (Å²) < 4.78 is 5.57. The highest BCUT2D eigenvalue weighted by atomic mass is 16.4. The first-order chi connectivity index (χ1) is 11.1. The molecule has 1 aliphatic heterocycles. The van der Waals surface area contributed by atoms with E-state index in [2.05, 4.69) is 31.0 Å². The number of para-hydroxylation sites is 1. The second-order valence-corrected chi connectivity index (χ2v) is 5.97. The molecular formula is C18H23N3O2. The van der Waals surface area contributed by atoms with Gasteiger partial charge in [-0.15, -0.1) is 0 Å². The number of likely N-dealkylation sites (N-methyl/N-ethyl adjacent to an activating group) is 1. The summed E-state index contributed by atoms with van der Waals surface area (Å²) in [5, 5.41) is 0. The van der Waals surface area contributed by atoms with Crippen molar-refractivity contribution in [3.05, 3.63) is 53.5 Å². The number of furan rings is 1. The quantitative estimate of drug-likeness (QED) is 0.946. The van der Waals surface area contributed by atoms with Crippen LogP contribution in [0.2, 0.25) is 0 Å². The predicted octanol–water partition coefficient (Wildman–Crippen LogP) is 2.61. The van der Waals surface area contributed by atoms with Crippen molar-refractivity contribution >= 4 is 11.6 Å². The lowest BCUT2D eigenvalue weighted by Gasteiger charge is -2.30. The number of hydrogen-bond acceptors (Lipinski definition) is 4. The van der Waals surface area contributed by atoms with Crippen molar-refractivity contribution in [3.8, 4) is 0 Å². The van der Waals surface area contributed by atoms with Gasteiger partial charge in [-0.2, -0.15) is 0 Å². The minimum Gasteiger partial charge on any atom is -0.455 e. The summed E-state index contributed by atoms with van der Waals surface area (Å²) in [4.78, 5) is 17.1. The Labute approximate surface area is 136 Å². The molecule has 2 aromatic rings. The second-order valence-electron chi connectivity index (χ2n) is 5.97. The second kappa shape index (κ2) is 6.46. The van der Waals surface area contributed by atoms with E-state index < -0.39 is 0 Å². The van der Waals surface area contributed by atoms with Crippen LogP contribution < -0.4 is 10.6 Å². The summed E-state index contributed by atoms with van der Waals surface area (Å²) in [6.07, 6.45) is 0.897. The molecule has 1 aromatic heterocycles. The molecule has 1 aromatic carbocycles. The van der Waals surface area contributed by atoms with E-state index in [-0.39, 0.29) is 11.9 Å². The Morgan fingerprint density at radius 3 is 2.78 bits per heavy atom. The van der Waals surface area contributed by atoms with Gasteiger partial charge < -0.3 is 20.0 Å². The predicted molar refractivity (Wildman–Crippen MR) is 90.3 cm³/mol. The molecule has 122 valence electrons. The van der Waals surface area contributed by atoms with E-state index in [1.165, 1.54) is 5.69 Å². The molecule has 5 nitrogen and oxygen atoms in total. The zero-order chi connectivity index (χ0) is 16.4. The zero-order valence-electron chi connectivity index (χ0n) is 13.7. The highest BCUT2D eigenvalue weighted by molar-refractivity contribution is 5.92. The molecule has 0 radical (unpaired) electrons. The Hall–Kier alpha value is -2.27. The first-order valence-corrected chi connectivity index (χ1v) is 8.02. The van der Waals surface area contributed by atoms with Crippen LogP contribution >= 0.6 is 0 Å². The Bertz CT molecular complexity index is 695. The molecule has 0 aliphatic carbocycles. The van der Waals surface area contributed by atoms with E-state index in [0.29, 0.717) is 24.6 Å². The number of rotatable bonds is 3. The van der Waals surface area contributed by atoms with Crippen LogP contribution in [0.5, 0.6) is 0 Å². The maximum absolute atomic E-state index is 12.9. The fraction of sp³-hybridized carbons (Fsp3) is 0.389. The van der Waals surface area contributed by atoms with Gasteiger partial charge in [0, 0.05) is 31.9 Å². The number of benzene rings is 1. The molecule has 1 amide bonds. The topological polar surface area (TPSA) is 62.7 Å². The first-order valence-electron chi connectivity index (χ1n) is 8.02. The van der Waals surface area contributed by atoms with Gasteiger partial charge in [0.25, 0.3) is 5.91 Å². The van der Waals surface area contributed by atoms with Crippen LogP contribution in [0.1, 0.15) is 35.2 Å². The number of nitrogens with two attached hydrogens (primary N) is 1. The number of nitrogens with zero attached hydrogens (tertiary/aromatic N) is 2. The monoisotopic (exact) mass is 313 g/mol. The van der Waals surface area contributed by atoms with Gasteiger partial charge in [-0.3, -0.25) is 4.79 Å². The molecule has 2 heterocycles. The summed E-state index contributed by atoms with van der Waals surface area (Å²) in [7, 11) is 2.08. The third-order valence-electron chi connectivity index (χ3n) is 4.47. The van der Waals surface area contributed by atoms with Crippen molar-refractivity contribution in [2.75, 3.05) is 18.5 Å². The zero-order valence-corrected chi connectivity index (χ0v) is 13.7. The Balaban J connectivity index is 1.94. The standard InChI is InChI=1S/C18H23N3O2/c1-3-14-12-20(2)16-7-5-4-6-13(16)11-21(14)18(22)17-9-8-15(10-19)23-17/h4-9,14H,3,10-12,19H2,1-2H3/t14-/m1/s1. The summed E-state index contributed by atoms with van der Waals surface area (Å²) in [6, 6.07) is 11.9. The Kier molecular flexibility index (Phi) is 4.39. The van der Waals surface area contributed by atoms with E-state index >= 15 is 0 Å². The van der Waals surface area contributed by atoms with Crippen molar-refractivity contribution in [1.29, 1.82) is 0 Å². The van der Waals surface area contributed by atoms with Crippen molar-refractivity contribution in [3.63, 3.8) is 0 Å². The van der Waals surface area contributed by atoms with Gasteiger partial charge in [0.15, 0.2) is 5.76 Å². The smallest absolute Gasteiger partial charge is 0.290 e. The molecule has 0 saturated heterocycles. The van der Waals surface area contributed by atoms with Crippen molar-refractivity contribution < 1.29 is 9.21 Å². The summed E-state index contributed by atoms with van der Waals surface area (Å²) in [5.41, 5.74) is 7.92. The molecular weight excluding hydrogens is 290 g/mol. The molecule has 0 spiro atoms. The van der Waals surface area contributed by atoms with Crippen LogP contribution in [-0.4, -0.2) is 30.4 Å². The molecule has 1 atom stereocenters. The summed E-state index contributed by atoms with van der Waals surface area (Å²) >= 11 is 0. The van der Waals surface area contributed by atoms with Gasteiger partial charge in [0.05, 0.1) is 6.54 Å². The van der Waals surface area contributed by atoms with Crippen molar-refractivity contribution in [1.82, 2.24) is 4.90 Å². The van der Waals surface area contributed by atoms with Crippen LogP contribution in [0.4, 0.5) is 5.69 Å². The lowest BCUT2D eigenvalue weighted by Crippen LogP contribution is -2.43. The molecule has 5 heteroatoms. The van der Waals surface area contributed by atoms with E-state index in [1.807, 2.05) is 17.0 Å². The molecule has 23 heavy (non-hydrogen) atoms. The average molecular weight is 313 g/mol. The number of amides is 1. The Morgan fingerprint density at radius 2 is 2.09 bits per heavy atom. The maximum atomic E-state index is 12.9.